The van der Waals surface area contributed by atoms with Gasteiger partial charge in [0.25, 0.3) is 0 Å². The molecule has 0 atom stereocenters. The molecule has 2 rings (SSSR count). The summed E-state index contributed by atoms with van der Waals surface area (Å²) >= 11 is 0. The van der Waals surface area contributed by atoms with Crippen molar-refractivity contribution < 1.29 is 9.31 Å². The van der Waals surface area contributed by atoms with E-state index < -0.39 is 0 Å². The Bertz CT molecular complexity index is 341. The Kier molecular flexibility index (Phi) is 3.48. The van der Waals surface area contributed by atoms with Crippen molar-refractivity contribution >= 4 is 16.2 Å². The van der Waals surface area contributed by atoms with Crippen LogP contribution in [0.15, 0.2) is 16.4 Å². The zero-order valence-corrected chi connectivity index (χ0v) is 12.0. The molecule has 0 aliphatic carbocycles. The zero-order chi connectivity index (χ0) is 12.7. The van der Waals surface area contributed by atoms with Gasteiger partial charge in [0.1, 0.15) is 0 Å². The van der Waals surface area contributed by atoms with Crippen LogP contribution < -0.4 is 0 Å². The average Bonchev–Trinajstić information content (AvgIpc) is 2.48. The molecule has 0 N–H and O–H groups in total. The molecule has 1 fully saturated rings. The van der Waals surface area contributed by atoms with E-state index in [1.807, 2.05) is 5.01 Å². The molecule has 94 valence electrons. The highest BCUT2D eigenvalue weighted by atomic mass is 31.0. The van der Waals surface area contributed by atoms with E-state index >= 15 is 0 Å². The Hall–Kier alpha value is -0.215. The third kappa shape index (κ3) is 2.48. The van der Waals surface area contributed by atoms with Crippen LogP contribution in [-0.4, -0.2) is 36.4 Å². The second-order valence-corrected chi connectivity index (χ2v) is 5.83. The van der Waals surface area contributed by atoms with Crippen LogP contribution in [0.3, 0.4) is 0 Å². The molecule has 4 nitrogen and oxygen atoms in total. The molecule has 0 aromatic heterocycles. The predicted molar refractivity (Wildman–Crippen MR) is 71.1 cm³/mol. The fourth-order valence-corrected chi connectivity index (χ4v) is 2.16. The molecule has 6 heteroatoms. The van der Waals surface area contributed by atoms with Crippen molar-refractivity contribution in [3.8, 4) is 0 Å². The molecule has 0 aromatic rings. The molecule has 0 radical (unpaired) electrons. The lowest BCUT2D eigenvalue weighted by molar-refractivity contribution is 0.00578. The number of hydrogen-bond donors (Lipinski definition) is 0. The minimum Gasteiger partial charge on any atom is -0.400 e. The Morgan fingerprint density at radius 2 is 1.88 bits per heavy atom. The van der Waals surface area contributed by atoms with Crippen molar-refractivity contribution in [3.63, 3.8) is 0 Å². The standard InChI is InChI=1S/C11H20BN2O2P/c1-10(2)11(3,4)16-12(15-10)9-5-7-14(13-17)8-6-9/h5,17H,6-8H2,1-4H3. The zero-order valence-electron chi connectivity index (χ0n) is 11.0. The fraction of sp³-hybridized carbons (Fsp3) is 0.818. The number of hydrogen-bond acceptors (Lipinski definition) is 3. The first kappa shape index (κ1) is 13.2. The quantitative estimate of drug-likeness (QED) is 0.560. The van der Waals surface area contributed by atoms with Gasteiger partial charge in [0, 0.05) is 22.1 Å². The van der Waals surface area contributed by atoms with Crippen LogP contribution in [0.25, 0.3) is 0 Å². The van der Waals surface area contributed by atoms with Crippen LogP contribution in [0, 0.1) is 0 Å². The molecule has 1 saturated heterocycles. The maximum absolute atomic E-state index is 6.02. The Balaban J connectivity index is 2.07. The highest BCUT2D eigenvalue weighted by Crippen LogP contribution is 2.39. The topological polar surface area (TPSA) is 34.1 Å². The molecular formula is C11H20BN2O2P. The Morgan fingerprint density at radius 3 is 2.29 bits per heavy atom. The lowest BCUT2D eigenvalue weighted by atomic mass is 9.75. The summed E-state index contributed by atoms with van der Waals surface area (Å²) in [6.07, 6.45) is 3.08. The average molecular weight is 254 g/mol. The summed E-state index contributed by atoms with van der Waals surface area (Å²) in [6, 6.07) is 0. The molecule has 0 amide bonds. The van der Waals surface area contributed by atoms with Crippen molar-refractivity contribution in [3.05, 3.63) is 11.5 Å². The summed E-state index contributed by atoms with van der Waals surface area (Å²) in [5.41, 5.74) is 0.722. The lowest BCUT2D eigenvalue weighted by Crippen LogP contribution is -2.41. The summed E-state index contributed by atoms with van der Waals surface area (Å²) < 4.78 is 12.0. The summed E-state index contributed by atoms with van der Waals surface area (Å²) in [4.78, 5) is 3.98. The van der Waals surface area contributed by atoms with Gasteiger partial charge < -0.3 is 9.31 Å². The van der Waals surface area contributed by atoms with Gasteiger partial charge in [-0.25, -0.2) is 0 Å². The molecule has 2 heterocycles. The maximum Gasteiger partial charge on any atom is 0.490 e. The molecule has 2 aliphatic heterocycles. The van der Waals surface area contributed by atoms with E-state index in [0.717, 1.165) is 19.5 Å². The molecule has 2 aliphatic rings. The van der Waals surface area contributed by atoms with Gasteiger partial charge in [0.2, 0.25) is 0 Å². The first-order valence-corrected chi connectivity index (χ1v) is 6.47. The highest BCUT2D eigenvalue weighted by Gasteiger charge is 2.52. The SMILES string of the molecule is CC1(C)OB(C2=CCN(N=P)CC2)OC1(C)C. The predicted octanol–water partition coefficient (Wildman–Crippen LogP) is 2.49. The molecule has 0 unspecified atom stereocenters. The second-order valence-electron chi connectivity index (χ2n) is 5.63. The van der Waals surface area contributed by atoms with Crippen molar-refractivity contribution in [2.24, 2.45) is 4.85 Å². The van der Waals surface area contributed by atoms with E-state index in [0.29, 0.717) is 0 Å². The molecule has 0 bridgehead atoms. The van der Waals surface area contributed by atoms with E-state index in [-0.39, 0.29) is 18.3 Å². The van der Waals surface area contributed by atoms with Crippen LogP contribution in [-0.2, 0) is 9.31 Å². The van der Waals surface area contributed by atoms with Gasteiger partial charge in [-0.05, 0) is 39.6 Å². The van der Waals surface area contributed by atoms with Crippen molar-refractivity contribution in [1.82, 2.24) is 5.01 Å². The van der Waals surface area contributed by atoms with E-state index in [4.69, 9.17) is 9.31 Å². The van der Waals surface area contributed by atoms with Crippen LogP contribution in [0.5, 0.6) is 0 Å². The third-order valence-corrected chi connectivity index (χ3v) is 4.20. The van der Waals surface area contributed by atoms with Crippen LogP contribution in [0.1, 0.15) is 34.1 Å². The Labute approximate surface area is 106 Å². The van der Waals surface area contributed by atoms with Gasteiger partial charge in [-0.3, -0.25) is 0 Å². The normalized spacial score (nSPS) is 28.0. The van der Waals surface area contributed by atoms with Gasteiger partial charge in [-0.15, -0.1) is 0 Å². The smallest absolute Gasteiger partial charge is 0.400 e. The van der Waals surface area contributed by atoms with Crippen molar-refractivity contribution in [2.45, 2.75) is 45.3 Å². The van der Waals surface area contributed by atoms with Gasteiger partial charge in [0.15, 0.2) is 0 Å². The highest BCUT2D eigenvalue weighted by molar-refractivity contribution is 7.03. The minimum absolute atomic E-state index is 0.197. The summed E-state index contributed by atoms with van der Waals surface area (Å²) in [7, 11) is 2.96. The van der Waals surface area contributed by atoms with E-state index in [9.17, 15) is 0 Å². The van der Waals surface area contributed by atoms with E-state index in [1.54, 1.807) is 0 Å². The third-order valence-electron chi connectivity index (χ3n) is 3.92. The largest absolute Gasteiger partial charge is 0.490 e. The number of nitrogens with zero attached hydrogens (tertiary/aromatic N) is 2. The van der Waals surface area contributed by atoms with Crippen molar-refractivity contribution in [1.29, 1.82) is 0 Å². The molecular weight excluding hydrogens is 234 g/mol. The first-order valence-electron chi connectivity index (χ1n) is 6.02. The van der Waals surface area contributed by atoms with Gasteiger partial charge in [-0.1, -0.05) is 6.08 Å². The van der Waals surface area contributed by atoms with Gasteiger partial charge in [-0.2, -0.15) is 9.86 Å². The van der Waals surface area contributed by atoms with E-state index in [1.165, 1.54) is 5.47 Å². The van der Waals surface area contributed by atoms with E-state index in [2.05, 4.69) is 47.7 Å². The Morgan fingerprint density at radius 1 is 1.29 bits per heavy atom. The molecule has 0 aromatic carbocycles. The summed E-state index contributed by atoms with van der Waals surface area (Å²) in [5.74, 6) is 0. The number of rotatable bonds is 2. The van der Waals surface area contributed by atoms with Crippen molar-refractivity contribution in [2.75, 3.05) is 13.1 Å². The molecule has 0 spiro atoms. The van der Waals surface area contributed by atoms with Gasteiger partial charge in [0.05, 0.1) is 11.2 Å². The maximum atomic E-state index is 6.02. The second kappa shape index (κ2) is 4.47. The monoisotopic (exact) mass is 254 g/mol. The van der Waals surface area contributed by atoms with Gasteiger partial charge >= 0.3 is 7.12 Å². The summed E-state index contributed by atoms with van der Waals surface area (Å²) in [6.45, 7) is 10.0. The molecule has 0 saturated carbocycles. The van der Waals surface area contributed by atoms with Crippen LogP contribution >= 0.6 is 9.03 Å². The fourth-order valence-electron chi connectivity index (χ4n) is 1.97. The first-order chi connectivity index (χ1) is 7.86. The van der Waals surface area contributed by atoms with Crippen LogP contribution in [0.2, 0.25) is 0 Å². The summed E-state index contributed by atoms with van der Waals surface area (Å²) in [5, 5.41) is 1.96. The molecule has 17 heavy (non-hydrogen) atoms. The van der Waals surface area contributed by atoms with Crippen LogP contribution in [0.4, 0.5) is 0 Å². The minimum atomic E-state index is -0.255. The lowest BCUT2D eigenvalue weighted by Gasteiger charge is -2.32.